The molecule has 0 bridgehead atoms. The van der Waals surface area contributed by atoms with Gasteiger partial charge in [0.25, 0.3) is 0 Å². The molecule has 0 fully saturated rings. The van der Waals surface area contributed by atoms with Gasteiger partial charge in [0.2, 0.25) is 0 Å². The predicted molar refractivity (Wildman–Crippen MR) is 51.6 cm³/mol. The van der Waals surface area contributed by atoms with Crippen molar-refractivity contribution in [2.45, 2.75) is 26.1 Å². The summed E-state index contributed by atoms with van der Waals surface area (Å²) in [6, 6.07) is 3.95. The number of rotatable bonds is 2. The van der Waals surface area contributed by atoms with E-state index in [0.29, 0.717) is 11.1 Å². The standard InChI is InChI=1S/C11H13F3O/c1-7-4-9(8(2)15-3)6-10(5-7)11(12,13)14/h4-6,8H,1-3H3/t8-/m1/s1. The molecule has 0 amide bonds. The third kappa shape index (κ3) is 2.96. The van der Waals surface area contributed by atoms with Crippen LogP contribution in [0, 0.1) is 6.92 Å². The number of alkyl halides is 3. The lowest BCUT2D eigenvalue weighted by Crippen LogP contribution is -2.07. The van der Waals surface area contributed by atoms with Crippen molar-refractivity contribution in [2.24, 2.45) is 0 Å². The lowest BCUT2D eigenvalue weighted by molar-refractivity contribution is -0.137. The van der Waals surface area contributed by atoms with Crippen molar-refractivity contribution in [3.63, 3.8) is 0 Å². The second kappa shape index (κ2) is 4.23. The molecule has 1 atom stereocenters. The molecule has 0 unspecified atom stereocenters. The maximum absolute atomic E-state index is 12.5. The number of ether oxygens (including phenoxy) is 1. The van der Waals surface area contributed by atoms with Gasteiger partial charge in [0.05, 0.1) is 11.7 Å². The topological polar surface area (TPSA) is 9.23 Å². The molecule has 0 saturated carbocycles. The summed E-state index contributed by atoms with van der Waals surface area (Å²) in [4.78, 5) is 0. The van der Waals surface area contributed by atoms with Crippen LogP contribution in [0.1, 0.15) is 29.7 Å². The van der Waals surface area contributed by atoms with E-state index in [4.69, 9.17) is 4.74 Å². The van der Waals surface area contributed by atoms with Crippen LogP contribution in [0.3, 0.4) is 0 Å². The van der Waals surface area contributed by atoms with Crippen LogP contribution in [-0.4, -0.2) is 7.11 Å². The fraction of sp³-hybridized carbons (Fsp3) is 0.455. The Hall–Kier alpha value is -1.03. The number of aryl methyl sites for hydroxylation is 1. The average molecular weight is 218 g/mol. The Labute approximate surface area is 86.9 Å². The molecule has 1 aromatic rings. The molecule has 1 rings (SSSR count). The fourth-order valence-electron chi connectivity index (χ4n) is 1.35. The van der Waals surface area contributed by atoms with Crippen LogP contribution in [0.15, 0.2) is 18.2 Å². The van der Waals surface area contributed by atoms with Crippen LogP contribution >= 0.6 is 0 Å². The third-order valence-electron chi connectivity index (χ3n) is 2.25. The molecule has 0 N–H and O–H groups in total. The zero-order chi connectivity index (χ0) is 11.6. The Balaban J connectivity index is 3.17. The summed E-state index contributed by atoms with van der Waals surface area (Å²) < 4.78 is 42.4. The number of methoxy groups -OCH3 is 1. The number of halogens is 3. The number of hydrogen-bond acceptors (Lipinski definition) is 1. The summed E-state index contributed by atoms with van der Waals surface area (Å²) in [5.74, 6) is 0. The van der Waals surface area contributed by atoms with E-state index in [0.717, 1.165) is 12.1 Å². The van der Waals surface area contributed by atoms with E-state index >= 15 is 0 Å². The van der Waals surface area contributed by atoms with Gasteiger partial charge in [0.15, 0.2) is 0 Å². The van der Waals surface area contributed by atoms with Crippen LogP contribution in [0.5, 0.6) is 0 Å². The summed E-state index contributed by atoms with van der Waals surface area (Å²) in [7, 11) is 1.47. The first-order chi connectivity index (χ1) is 6.84. The van der Waals surface area contributed by atoms with Crippen LogP contribution < -0.4 is 0 Å². The molecule has 4 heteroatoms. The van der Waals surface area contributed by atoms with E-state index < -0.39 is 11.7 Å². The molecule has 1 nitrogen and oxygen atoms in total. The highest BCUT2D eigenvalue weighted by molar-refractivity contribution is 5.32. The van der Waals surface area contributed by atoms with Gasteiger partial charge in [-0.25, -0.2) is 0 Å². The molecule has 0 spiro atoms. The first kappa shape index (κ1) is 12.0. The van der Waals surface area contributed by atoms with Crippen molar-refractivity contribution in [1.82, 2.24) is 0 Å². The smallest absolute Gasteiger partial charge is 0.377 e. The molecule has 1 aromatic carbocycles. The average Bonchev–Trinajstić information content (AvgIpc) is 2.14. The van der Waals surface area contributed by atoms with Crippen LogP contribution in [0.2, 0.25) is 0 Å². The largest absolute Gasteiger partial charge is 0.416 e. The second-order valence-corrected chi connectivity index (χ2v) is 3.51. The molecule has 0 aliphatic carbocycles. The number of hydrogen-bond donors (Lipinski definition) is 0. The van der Waals surface area contributed by atoms with Gasteiger partial charge in [0.1, 0.15) is 0 Å². The van der Waals surface area contributed by atoms with Gasteiger partial charge in [-0.05, 0) is 31.5 Å². The Kier molecular flexibility index (Phi) is 3.39. The SMILES string of the molecule is CO[C@H](C)c1cc(C)cc(C(F)(F)F)c1. The van der Waals surface area contributed by atoms with Gasteiger partial charge >= 0.3 is 6.18 Å². The van der Waals surface area contributed by atoms with Gasteiger partial charge in [-0.1, -0.05) is 11.6 Å². The maximum Gasteiger partial charge on any atom is 0.416 e. The van der Waals surface area contributed by atoms with Crippen molar-refractivity contribution in [3.8, 4) is 0 Å². The van der Waals surface area contributed by atoms with Gasteiger partial charge in [0, 0.05) is 7.11 Å². The zero-order valence-corrected chi connectivity index (χ0v) is 8.85. The van der Waals surface area contributed by atoms with Gasteiger partial charge in [-0.15, -0.1) is 0 Å². The van der Waals surface area contributed by atoms with E-state index in [2.05, 4.69) is 0 Å². The molecule has 0 heterocycles. The summed E-state index contributed by atoms with van der Waals surface area (Å²) >= 11 is 0. The third-order valence-corrected chi connectivity index (χ3v) is 2.25. The molecule has 0 radical (unpaired) electrons. The summed E-state index contributed by atoms with van der Waals surface area (Å²) in [5, 5.41) is 0. The fourth-order valence-corrected chi connectivity index (χ4v) is 1.35. The Bertz CT molecular complexity index is 344. The first-order valence-corrected chi connectivity index (χ1v) is 4.56. The molecule has 15 heavy (non-hydrogen) atoms. The van der Waals surface area contributed by atoms with E-state index in [1.165, 1.54) is 7.11 Å². The predicted octanol–water partition coefficient (Wildman–Crippen LogP) is 3.72. The highest BCUT2D eigenvalue weighted by atomic mass is 19.4. The highest BCUT2D eigenvalue weighted by Gasteiger charge is 2.31. The second-order valence-electron chi connectivity index (χ2n) is 3.51. The van der Waals surface area contributed by atoms with Crippen LogP contribution in [-0.2, 0) is 10.9 Å². The van der Waals surface area contributed by atoms with Crippen LogP contribution in [0.4, 0.5) is 13.2 Å². The zero-order valence-electron chi connectivity index (χ0n) is 8.85. The van der Waals surface area contributed by atoms with Crippen molar-refractivity contribution in [2.75, 3.05) is 7.11 Å². The normalized spacial score (nSPS) is 14.0. The molecule has 0 aliphatic heterocycles. The minimum absolute atomic E-state index is 0.328. The molecular formula is C11H13F3O. The monoisotopic (exact) mass is 218 g/mol. The first-order valence-electron chi connectivity index (χ1n) is 4.56. The summed E-state index contributed by atoms with van der Waals surface area (Å²) in [6.07, 6.45) is -4.63. The van der Waals surface area contributed by atoms with E-state index in [9.17, 15) is 13.2 Å². The van der Waals surface area contributed by atoms with Crippen molar-refractivity contribution < 1.29 is 17.9 Å². The van der Waals surface area contributed by atoms with Crippen molar-refractivity contribution in [1.29, 1.82) is 0 Å². The summed E-state index contributed by atoms with van der Waals surface area (Å²) in [5.41, 5.74) is 0.509. The van der Waals surface area contributed by atoms with Gasteiger partial charge < -0.3 is 4.74 Å². The highest BCUT2D eigenvalue weighted by Crippen LogP contribution is 2.32. The maximum atomic E-state index is 12.5. The minimum Gasteiger partial charge on any atom is -0.377 e. The van der Waals surface area contributed by atoms with E-state index in [-0.39, 0.29) is 6.10 Å². The molecule has 0 aliphatic rings. The minimum atomic E-state index is -4.30. The lowest BCUT2D eigenvalue weighted by atomic mass is 10.0. The Morgan fingerprint density at radius 2 is 1.80 bits per heavy atom. The van der Waals surface area contributed by atoms with Crippen molar-refractivity contribution in [3.05, 3.63) is 34.9 Å². The van der Waals surface area contributed by atoms with Crippen LogP contribution in [0.25, 0.3) is 0 Å². The quantitative estimate of drug-likeness (QED) is 0.735. The molecule has 0 saturated heterocycles. The lowest BCUT2D eigenvalue weighted by Gasteiger charge is -2.14. The molecule has 84 valence electrons. The Morgan fingerprint density at radius 1 is 1.20 bits per heavy atom. The number of benzene rings is 1. The van der Waals surface area contributed by atoms with E-state index in [1.807, 2.05) is 0 Å². The molecular weight excluding hydrogens is 205 g/mol. The summed E-state index contributed by atoms with van der Waals surface area (Å²) in [6.45, 7) is 3.36. The van der Waals surface area contributed by atoms with Gasteiger partial charge in [-0.3, -0.25) is 0 Å². The van der Waals surface area contributed by atoms with E-state index in [1.54, 1.807) is 19.9 Å². The molecule has 0 aromatic heterocycles. The van der Waals surface area contributed by atoms with Crippen molar-refractivity contribution >= 4 is 0 Å². The Morgan fingerprint density at radius 3 is 2.27 bits per heavy atom. The van der Waals surface area contributed by atoms with Gasteiger partial charge in [-0.2, -0.15) is 13.2 Å².